The first-order valence-corrected chi connectivity index (χ1v) is 8.85. The van der Waals surface area contributed by atoms with E-state index >= 15 is 0 Å². The molecule has 1 heterocycles. The molecule has 7 heteroatoms. The number of rotatable bonds is 5. The van der Waals surface area contributed by atoms with E-state index < -0.39 is 9.84 Å². The molecule has 1 saturated heterocycles. The van der Waals surface area contributed by atoms with Gasteiger partial charge in [0.25, 0.3) is 0 Å². The Kier molecular flexibility index (Phi) is 6.78. The second kappa shape index (κ2) is 7.64. The van der Waals surface area contributed by atoms with E-state index in [2.05, 4.69) is 21.2 Å². The summed E-state index contributed by atoms with van der Waals surface area (Å²) >= 11 is 3.45. The highest BCUT2D eigenvalue weighted by Crippen LogP contribution is 2.25. The van der Waals surface area contributed by atoms with Crippen LogP contribution in [0, 0.1) is 5.92 Å². The number of benzene rings is 1. The molecule has 1 N–H and O–H groups in total. The molecule has 0 amide bonds. The van der Waals surface area contributed by atoms with Gasteiger partial charge in [0.2, 0.25) is 0 Å². The Hall–Kier alpha value is -0.300. The van der Waals surface area contributed by atoms with Gasteiger partial charge in [-0.15, -0.1) is 12.4 Å². The highest BCUT2D eigenvalue weighted by atomic mass is 79.9. The average Bonchev–Trinajstić information content (AvgIpc) is 2.69. The summed E-state index contributed by atoms with van der Waals surface area (Å²) in [6, 6.07) is 5.93. The zero-order valence-electron chi connectivity index (χ0n) is 11.3. The molecule has 1 aliphatic rings. The van der Waals surface area contributed by atoms with E-state index in [1.165, 1.54) is 0 Å². The van der Waals surface area contributed by atoms with Gasteiger partial charge in [-0.3, -0.25) is 0 Å². The van der Waals surface area contributed by atoms with Crippen molar-refractivity contribution in [2.24, 2.45) is 5.92 Å². The second-order valence-corrected chi connectivity index (χ2v) is 7.95. The van der Waals surface area contributed by atoms with E-state index in [1.807, 2.05) is 18.2 Å². The van der Waals surface area contributed by atoms with Gasteiger partial charge < -0.3 is 10.1 Å². The first-order chi connectivity index (χ1) is 9.00. The molecule has 1 fully saturated rings. The van der Waals surface area contributed by atoms with Crippen molar-refractivity contribution in [1.82, 2.24) is 5.32 Å². The molecule has 4 nitrogen and oxygen atoms in total. The summed E-state index contributed by atoms with van der Waals surface area (Å²) in [7, 11) is -1.13. The Bertz CT molecular complexity index is 551. The van der Waals surface area contributed by atoms with Crippen LogP contribution in [0.25, 0.3) is 0 Å². The summed E-state index contributed by atoms with van der Waals surface area (Å²) in [4.78, 5) is 0. The van der Waals surface area contributed by atoms with Crippen LogP contribution in [-0.4, -0.2) is 33.6 Å². The lowest BCUT2D eigenvalue weighted by Crippen LogP contribution is -2.23. The van der Waals surface area contributed by atoms with Crippen molar-refractivity contribution in [2.75, 3.05) is 25.2 Å². The number of methoxy groups -OCH3 is 1. The van der Waals surface area contributed by atoms with Crippen LogP contribution in [0.2, 0.25) is 0 Å². The van der Waals surface area contributed by atoms with E-state index in [9.17, 15) is 8.42 Å². The van der Waals surface area contributed by atoms with Crippen LogP contribution in [0.1, 0.15) is 12.0 Å². The van der Waals surface area contributed by atoms with E-state index in [0.29, 0.717) is 11.5 Å². The van der Waals surface area contributed by atoms with Crippen molar-refractivity contribution in [3.63, 3.8) is 0 Å². The fraction of sp³-hybridized carbons (Fsp3) is 0.538. The normalized spacial score (nSPS) is 20.4. The molecular weight excluding hydrogens is 366 g/mol. The second-order valence-electron chi connectivity index (χ2n) is 4.87. The van der Waals surface area contributed by atoms with Crippen molar-refractivity contribution >= 4 is 38.2 Å². The SMILES string of the molecule is COc1ccc(CNCC2CCS(=O)(=O)C2)cc1Br.Cl. The zero-order chi connectivity index (χ0) is 13.9. The first-order valence-electron chi connectivity index (χ1n) is 6.24. The van der Waals surface area contributed by atoms with Gasteiger partial charge in [0.15, 0.2) is 9.84 Å². The molecule has 1 aromatic rings. The largest absolute Gasteiger partial charge is 0.496 e. The number of ether oxygens (including phenoxy) is 1. The maximum atomic E-state index is 11.3. The van der Waals surface area contributed by atoms with Gasteiger partial charge in [-0.2, -0.15) is 0 Å². The van der Waals surface area contributed by atoms with E-state index in [0.717, 1.165) is 35.3 Å². The van der Waals surface area contributed by atoms with Gasteiger partial charge in [-0.25, -0.2) is 8.42 Å². The molecule has 0 radical (unpaired) electrons. The summed E-state index contributed by atoms with van der Waals surface area (Å²) in [5, 5.41) is 3.32. The maximum Gasteiger partial charge on any atom is 0.150 e. The van der Waals surface area contributed by atoms with Crippen molar-refractivity contribution in [1.29, 1.82) is 0 Å². The number of halogens is 2. The first kappa shape index (κ1) is 17.8. The van der Waals surface area contributed by atoms with Gasteiger partial charge in [0.05, 0.1) is 23.1 Å². The van der Waals surface area contributed by atoms with Crippen LogP contribution in [-0.2, 0) is 16.4 Å². The monoisotopic (exact) mass is 383 g/mol. The Morgan fingerprint density at radius 1 is 1.45 bits per heavy atom. The fourth-order valence-electron chi connectivity index (χ4n) is 2.27. The molecule has 0 aliphatic carbocycles. The third kappa shape index (κ3) is 4.91. The predicted octanol–water partition coefficient (Wildman–Crippen LogP) is 2.40. The molecule has 0 bridgehead atoms. The third-order valence-electron chi connectivity index (χ3n) is 3.31. The molecular formula is C13H19BrClNO3S. The van der Waals surface area contributed by atoms with E-state index in [-0.39, 0.29) is 18.3 Å². The minimum atomic E-state index is -2.77. The summed E-state index contributed by atoms with van der Waals surface area (Å²) < 4.78 is 28.8. The van der Waals surface area contributed by atoms with Gasteiger partial charge in [-0.05, 0) is 52.5 Å². The molecule has 1 atom stereocenters. The lowest BCUT2D eigenvalue weighted by Gasteiger charge is -2.10. The molecule has 0 aromatic heterocycles. The fourth-order valence-corrected chi connectivity index (χ4v) is 4.72. The van der Waals surface area contributed by atoms with E-state index in [1.54, 1.807) is 7.11 Å². The van der Waals surface area contributed by atoms with Crippen molar-refractivity contribution in [2.45, 2.75) is 13.0 Å². The number of hydrogen-bond acceptors (Lipinski definition) is 4. The molecule has 0 saturated carbocycles. The van der Waals surface area contributed by atoms with Crippen LogP contribution in [0.4, 0.5) is 0 Å². The Balaban J connectivity index is 0.00000200. The van der Waals surface area contributed by atoms with Crippen LogP contribution in [0.5, 0.6) is 5.75 Å². The number of sulfone groups is 1. The van der Waals surface area contributed by atoms with Crippen LogP contribution < -0.4 is 10.1 Å². The molecule has 1 aromatic carbocycles. The summed E-state index contributed by atoms with van der Waals surface area (Å²) in [6.45, 7) is 1.49. The number of nitrogens with one attached hydrogen (secondary N) is 1. The summed E-state index contributed by atoms with van der Waals surface area (Å²) in [6.07, 6.45) is 0.779. The van der Waals surface area contributed by atoms with Crippen LogP contribution >= 0.6 is 28.3 Å². The third-order valence-corrected chi connectivity index (χ3v) is 5.76. The van der Waals surface area contributed by atoms with Crippen LogP contribution in [0.15, 0.2) is 22.7 Å². The van der Waals surface area contributed by atoms with Crippen LogP contribution in [0.3, 0.4) is 0 Å². The number of hydrogen-bond donors (Lipinski definition) is 1. The molecule has 20 heavy (non-hydrogen) atoms. The summed E-state index contributed by atoms with van der Waals surface area (Å²) in [5.74, 6) is 1.73. The van der Waals surface area contributed by atoms with Gasteiger partial charge >= 0.3 is 0 Å². The van der Waals surface area contributed by atoms with E-state index in [4.69, 9.17) is 4.74 Å². The van der Waals surface area contributed by atoms with Crippen molar-refractivity contribution in [3.8, 4) is 5.75 Å². The minimum absolute atomic E-state index is 0. The molecule has 0 spiro atoms. The smallest absolute Gasteiger partial charge is 0.150 e. The zero-order valence-corrected chi connectivity index (χ0v) is 14.5. The topological polar surface area (TPSA) is 55.4 Å². The summed E-state index contributed by atoms with van der Waals surface area (Å²) in [5.41, 5.74) is 1.15. The lowest BCUT2D eigenvalue weighted by molar-refractivity contribution is 0.412. The Morgan fingerprint density at radius 3 is 2.75 bits per heavy atom. The van der Waals surface area contributed by atoms with Gasteiger partial charge in [0.1, 0.15) is 5.75 Å². The van der Waals surface area contributed by atoms with Gasteiger partial charge in [-0.1, -0.05) is 6.07 Å². The maximum absolute atomic E-state index is 11.3. The van der Waals surface area contributed by atoms with Gasteiger partial charge in [0, 0.05) is 6.54 Å². The lowest BCUT2D eigenvalue weighted by atomic mass is 10.1. The molecule has 2 rings (SSSR count). The minimum Gasteiger partial charge on any atom is -0.496 e. The highest BCUT2D eigenvalue weighted by Gasteiger charge is 2.27. The Morgan fingerprint density at radius 2 is 2.20 bits per heavy atom. The standard InChI is InChI=1S/C13H18BrNO3S.ClH/c1-18-13-3-2-10(6-12(13)14)7-15-8-11-4-5-19(16,17)9-11;/h2-3,6,11,15H,4-5,7-9H2,1H3;1H. The molecule has 1 aliphatic heterocycles. The van der Waals surface area contributed by atoms with Crippen molar-refractivity contribution < 1.29 is 13.2 Å². The predicted molar refractivity (Wildman–Crippen MR) is 86.4 cm³/mol. The molecule has 1 unspecified atom stereocenters. The quantitative estimate of drug-likeness (QED) is 0.847. The highest BCUT2D eigenvalue weighted by molar-refractivity contribution is 9.10. The molecule has 114 valence electrons. The van der Waals surface area contributed by atoms with Crippen molar-refractivity contribution in [3.05, 3.63) is 28.2 Å². The average molecular weight is 385 g/mol. The Labute approximate surface area is 134 Å².